The predicted molar refractivity (Wildman–Crippen MR) is 97.2 cm³/mol. The van der Waals surface area contributed by atoms with E-state index in [0.29, 0.717) is 31.3 Å². The first kappa shape index (κ1) is 16.5. The number of amides is 1. The van der Waals surface area contributed by atoms with Crippen molar-refractivity contribution in [3.8, 4) is 0 Å². The minimum Gasteiger partial charge on any atom is -0.378 e. The van der Waals surface area contributed by atoms with Gasteiger partial charge < -0.3 is 15.0 Å². The molecule has 0 saturated carbocycles. The molecule has 2 aromatic rings. The molecule has 0 spiro atoms. The van der Waals surface area contributed by atoms with Gasteiger partial charge in [0.05, 0.1) is 18.8 Å². The highest BCUT2D eigenvalue weighted by molar-refractivity contribution is 7.10. The zero-order chi connectivity index (χ0) is 17.1. The number of thiophene rings is 1. The van der Waals surface area contributed by atoms with E-state index in [0.717, 1.165) is 19.5 Å². The molecule has 0 unspecified atom stereocenters. The fourth-order valence-corrected chi connectivity index (χ4v) is 4.50. The number of nitrogens with zero attached hydrogens (tertiary/aromatic N) is 3. The van der Waals surface area contributed by atoms with Crippen LogP contribution in [0, 0.1) is 0 Å². The van der Waals surface area contributed by atoms with Gasteiger partial charge in [-0.15, -0.1) is 11.3 Å². The van der Waals surface area contributed by atoms with Gasteiger partial charge in [0.15, 0.2) is 0 Å². The van der Waals surface area contributed by atoms with Crippen LogP contribution < -0.4 is 10.2 Å². The number of carbonyl (C=O) groups excluding carboxylic acids is 1. The summed E-state index contributed by atoms with van der Waals surface area (Å²) in [7, 11) is 0. The Morgan fingerprint density at radius 1 is 1.20 bits per heavy atom. The van der Waals surface area contributed by atoms with E-state index in [4.69, 9.17) is 4.74 Å². The highest BCUT2D eigenvalue weighted by Crippen LogP contribution is 2.30. The number of aromatic nitrogens is 2. The van der Waals surface area contributed by atoms with Crippen molar-refractivity contribution in [2.24, 2.45) is 0 Å². The van der Waals surface area contributed by atoms with Crippen molar-refractivity contribution in [3.05, 3.63) is 39.3 Å². The Bertz CT molecular complexity index is 738. The monoisotopic (exact) mass is 358 g/mol. The average Bonchev–Trinajstić information content (AvgIpc) is 3.10. The molecule has 3 heterocycles. The van der Waals surface area contributed by atoms with Crippen molar-refractivity contribution in [2.45, 2.75) is 32.2 Å². The molecule has 0 aromatic carbocycles. The van der Waals surface area contributed by atoms with Crippen LogP contribution in [0.1, 0.15) is 39.2 Å². The van der Waals surface area contributed by atoms with Crippen molar-refractivity contribution >= 4 is 23.2 Å². The summed E-state index contributed by atoms with van der Waals surface area (Å²) in [5.74, 6) is 0.538. The van der Waals surface area contributed by atoms with Crippen LogP contribution >= 0.6 is 11.3 Å². The zero-order valence-electron chi connectivity index (χ0n) is 14.2. The van der Waals surface area contributed by atoms with Gasteiger partial charge >= 0.3 is 0 Å². The summed E-state index contributed by atoms with van der Waals surface area (Å²) in [4.78, 5) is 24.6. The minimum atomic E-state index is -0.121. The molecule has 1 saturated heterocycles. The van der Waals surface area contributed by atoms with Crippen LogP contribution in [-0.2, 0) is 24.1 Å². The Balaban J connectivity index is 1.37. The maximum absolute atomic E-state index is 12.4. The predicted octanol–water partition coefficient (Wildman–Crippen LogP) is 2.18. The van der Waals surface area contributed by atoms with Crippen LogP contribution in [0.2, 0.25) is 0 Å². The normalized spacial score (nSPS) is 17.2. The van der Waals surface area contributed by atoms with Crippen LogP contribution in [0.15, 0.2) is 17.8 Å². The Labute approximate surface area is 151 Å². The second-order valence-electron chi connectivity index (χ2n) is 6.42. The van der Waals surface area contributed by atoms with Crippen LogP contribution in [0.5, 0.6) is 0 Å². The first-order valence-electron chi connectivity index (χ1n) is 8.82. The van der Waals surface area contributed by atoms with Gasteiger partial charge in [0, 0.05) is 36.9 Å². The smallest absolute Gasteiger partial charge is 0.254 e. The topological polar surface area (TPSA) is 67.4 Å². The number of ether oxygens (including phenoxy) is 1. The van der Waals surface area contributed by atoms with Gasteiger partial charge in [-0.2, -0.15) is 0 Å². The maximum Gasteiger partial charge on any atom is 0.254 e. The summed E-state index contributed by atoms with van der Waals surface area (Å²) in [6.45, 7) is 3.53. The zero-order valence-corrected chi connectivity index (χ0v) is 15.0. The second kappa shape index (κ2) is 7.49. The van der Waals surface area contributed by atoms with E-state index in [9.17, 15) is 4.79 Å². The molecule has 6 nitrogen and oxygen atoms in total. The van der Waals surface area contributed by atoms with Gasteiger partial charge in [-0.1, -0.05) is 0 Å². The SMILES string of the molecule is O=C(NCc1csc2c1CCCC2)c1cnc(N2CCOCC2)nc1. The number of nitrogens with one attached hydrogen (secondary N) is 1. The number of carbonyl (C=O) groups is 1. The standard InChI is InChI=1S/C18H22N4O2S/c23-17(19-11-14-12-25-16-4-2-1-3-15(14)16)13-9-20-18(21-10-13)22-5-7-24-8-6-22/h9-10,12H,1-8,11H2,(H,19,23). The largest absolute Gasteiger partial charge is 0.378 e. The lowest BCUT2D eigenvalue weighted by atomic mass is 9.96. The summed E-state index contributed by atoms with van der Waals surface area (Å²) in [5.41, 5.74) is 3.22. The van der Waals surface area contributed by atoms with E-state index in [-0.39, 0.29) is 5.91 Å². The summed E-state index contributed by atoms with van der Waals surface area (Å²) < 4.78 is 5.33. The molecular formula is C18H22N4O2S. The molecule has 0 bridgehead atoms. The molecule has 25 heavy (non-hydrogen) atoms. The van der Waals surface area contributed by atoms with Gasteiger partial charge in [0.2, 0.25) is 5.95 Å². The Morgan fingerprint density at radius 2 is 1.96 bits per heavy atom. The van der Waals surface area contributed by atoms with Crippen molar-refractivity contribution in [1.82, 2.24) is 15.3 Å². The molecule has 2 aromatic heterocycles. The number of hydrogen-bond acceptors (Lipinski definition) is 6. The number of morpholine rings is 1. The van der Waals surface area contributed by atoms with E-state index >= 15 is 0 Å². The molecule has 4 rings (SSSR count). The Morgan fingerprint density at radius 3 is 2.76 bits per heavy atom. The number of fused-ring (bicyclic) bond motifs is 1. The average molecular weight is 358 g/mol. The first-order chi connectivity index (χ1) is 12.3. The van der Waals surface area contributed by atoms with Crippen LogP contribution in [-0.4, -0.2) is 42.2 Å². The molecule has 2 aliphatic rings. The Kier molecular flexibility index (Phi) is 4.94. The molecular weight excluding hydrogens is 336 g/mol. The summed E-state index contributed by atoms with van der Waals surface area (Å²) in [6, 6.07) is 0. The number of rotatable bonds is 4. The molecule has 132 valence electrons. The third-order valence-corrected chi connectivity index (χ3v) is 5.92. The molecule has 7 heteroatoms. The van der Waals surface area contributed by atoms with Gasteiger partial charge in [-0.3, -0.25) is 4.79 Å². The number of anilines is 1. The third kappa shape index (κ3) is 3.67. The number of hydrogen-bond donors (Lipinski definition) is 1. The van der Waals surface area contributed by atoms with Crippen LogP contribution in [0.4, 0.5) is 5.95 Å². The van der Waals surface area contributed by atoms with Crippen molar-refractivity contribution in [3.63, 3.8) is 0 Å². The third-order valence-electron chi connectivity index (χ3n) is 4.78. The van der Waals surface area contributed by atoms with E-state index in [1.54, 1.807) is 12.4 Å². The number of aryl methyl sites for hydroxylation is 1. The van der Waals surface area contributed by atoms with Gasteiger partial charge in [-0.25, -0.2) is 9.97 Å². The van der Waals surface area contributed by atoms with Crippen LogP contribution in [0.3, 0.4) is 0 Å². The van der Waals surface area contributed by atoms with Crippen LogP contribution in [0.25, 0.3) is 0 Å². The minimum absolute atomic E-state index is 0.121. The summed E-state index contributed by atoms with van der Waals surface area (Å²) >= 11 is 1.83. The van der Waals surface area contributed by atoms with Gasteiger partial charge in [-0.05, 0) is 42.2 Å². The van der Waals surface area contributed by atoms with Crippen molar-refractivity contribution in [1.29, 1.82) is 0 Å². The van der Waals surface area contributed by atoms with Crippen molar-refractivity contribution < 1.29 is 9.53 Å². The molecule has 1 fully saturated rings. The lowest BCUT2D eigenvalue weighted by molar-refractivity contribution is 0.0950. The Hall–Kier alpha value is -1.99. The lowest BCUT2D eigenvalue weighted by Crippen LogP contribution is -2.37. The lowest BCUT2D eigenvalue weighted by Gasteiger charge is -2.26. The van der Waals surface area contributed by atoms with Gasteiger partial charge in [0.25, 0.3) is 5.91 Å². The fraction of sp³-hybridized carbons (Fsp3) is 0.500. The molecule has 1 amide bonds. The summed E-state index contributed by atoms with van der Waals surface area (Å²) in [6.07, 6.45) is 8.08. The first-order valence-corrected chi connectivity index (χ1v) is 9.70. The molecule has 1 aliphatic carbocycles. The molecule has 1 N–H and O–H groups in total. The molecule has 1 aliphatic heterocycles. The van der Waals surface area contributed by atoms with Gasteiger partial charge in [0.1, 0.15) is 0 Å². The fourth-order valence-electron chi connectivity index (χ4n) is 3.35. The van der Waals surface area contributed by atoms with E-state index < -0.39 is 0 Å². The van der Waals surface area contributed by atoms with E-state index in [2.05, 4.69) is 25.6 Å². The maximum atomic E-state index is 12.4. The van der Waals surface area contributed by atoms with E-state index in [1.807, 2.05) is 11.3 Å². The second-order valence-corrected chi connectivity index (χ2v) is 7.39. The highest BCUT2D eigenvalue weighted by atomic mass is 32.1. The molecule has 0 atom stereocenters. The molecule has 0 radical (unpaired) electrons. The quantitative estimate of drug-likeness (QED) is 0.907. The van der Waals surface area contributed by atoms with E-state index in [1.165, 1.54) is 35.3 Å². The van der Waals surface area contributed by atoms with Crippen molar-refractivity contribution in [2.75, 3.05) is 31.2 Å². The highest BCUT2D eigenvalue weighted by Gasteiger charge is 2.17. The summed E-state index contributed by atoms with van der Waals surface area (Å²) in [5, 5.41) is 5.19.